The van der Waals surface area contributed by atoms with Gasteiger partial charge in [-0.2, -0.15) is 0 Å². The van der Waals surface area contributed by atoms with E-state index in [4.69, 9.17) is 4.74 Å². The van der Waals surface area contributed by atoms with Crippen LogP contribution in [-0.4, -0.2) is 36.9 Å². The molecule has 158 valence electrons. The van der Waals surface area contributed by atoms with Gasteiger partial charge in [0, 0.05) is 11.6 Å². The summed E-state index contributed by atoms with van der Waals surface area (Å²) in [5.74, 6) is 3.68. The van der Waals surface area contributed by atoms with Gasteiger partial charge in [0.1, 0.15) is 5.75 Å². The molecule has 0 amide bonds. The highest BCUT2D eigenvalue weighted by Crippen LogP contribution is 2.48. The molecule has 0 spiro atoms. The van der Waals surface area contributed by atoms with Crippen molar-refractivity contribution < 1.29 is 9.53 Å². The highest BCUT2D eigenvalue weighted by Gasteiger charge is 2.43. The predicted octanol–water partition coefficient (Wildman–Crippen LogP) is 5.93. The third kappa shape index (κ3) is 3.69. The molecule has 3 aliphatic rings. The van der Waals surface area contributed by atoms with E-state index in [1.54, 1.807) is 14.0 Å². The lowest BCUT2D eigenvalue weighted by Gasteiger charge is -2.40. The van der Waals surface area contributed by atoms with Crippen LogP contribution in [0.3, 0.4) is 0 Å². The molecule has 1 aliphatic heterocycles. The highest BCUT2D eigenvalue weighted by atomic mass is 16.5. The molecule has 3 atom stereocenters. The maximum absolute atomic E-state index is 11.6. The lowest BCUT2D eigenvalue weighted by atomic mass is 9.85. The largest absolute Gasteiger partial charge is 0.496 e. The van der Waals surface area contributed by atoms with Gasteiger partial charge in [0.15, 0.2) is 5.78 Å². The van der Waals surface area contributed by atoms with Crippen LogP contribution in [0, 0.1) is 11.8 Å². The van der Waals surface area contributed by atoms with Crippen molar-refractivity contribution in [1.82, 2.24) is 4.90 Å². The van der Waals surface area contributed by atoms with Crippen molar-refractivity contribution in [3.05, 3.63) is 53.6 Å². The van der Waals surface area contributed by atoms with Crippen LogP contribution in [0.15, 0.2) is 42.5 Å². The first-order valence-corrected chi connectivity index (χ1v) is 11.7. The average molecular weight is 404 g/mol. The average Bonchev–Trinajstić information content (AvgIpc) is 3.43. The Balaban J connectivity index is 1.32. The van der Waals surface area contributed by atoms with Crippen molar-refractivity contribution >= 4 is 5.78 Å². The number of piperidine rings is 1. The van der Waals surface area contributed by atoms with Gasteiger partial charge >= 0.3 is 0 Å². The minimum atomic E-state index is 0.110. The van der Waals surface area contributed by atoms with E-state index in [0.29, 0.717) is 5.92 Å². The highest BCUT2D eigenvalue weighted by molar-refractivity contribution is 5.94. The SMILES string of the molecule is COc1ccc(-c2ccc(C(C)=O)cc2)cc1C1CCN(C2CC3CCC2C3)CC1. The summed E-state index contributed by atoms with van der Waals surface area (Å²) in [5, 5.41) is 0. The van der Waals surface area contributed by atoms with Gasteiger partial charge in [0.05, 0.1) is 7.11 Å². The van der Waals surface area contributed by atoms with Gasteiger partial charge in [-0.15, -0.1) is 0 Å². The van der Waals surface area contributed by atoms with Crippen LogP contribution in [0.1, 0.15) is 67.3 Å². The molecule has 2 aliphatic carbocycles. The number of benzene rings is 2. The summed E-state index contributed by atoms with van der Waals surface area (Å²) >= 11 is 0. The molecule has 3 fully saturated rings. The molecule has 3 nitrogen and oxygen atoms in total. The number of ketones is 1. The Bertz CT molecular complexity index is 911. The number of likely N-dealkylation sites (tertiary alicyclic amines) is 1. The number of hydrogen-bond acceptors (Lipinski definition) is 3. The van der Waals surface area contributed by atoms with Crippen molar-refractivity contribution in [1.29, 1.82) is 0 Å². The zero-order chi connectivity index (χ0) is 20.7. The van der Waals surface area contributed by atoms with Gasteiger partial charge in [-0.05, 0) is 98.7 Å². The van der Waals surface area contributed by atoms with Crippen molar-refractivity contribution in [2.75, 3.05) is 20.2 Å². The van der Waals surface area contributed by atoms with Gasteiger partial charge < -0.3 is 9.64 Å². The monoisotopic (exact) mass is 403 g/mol. The zero-order valence-corrected chi connectivity index (χ0v) is 18.3. The molecule has 1 heterocycles. The second-order valence-electron chi connectivity index (χ2n) is 9.64. The predicted molar refractivity (Wildman–Crippen MR) is 121 cm³/mol. The number of carbonyl (C=O) groups excluding carboxylic acids is 1. The van der Waals surface area contributed by atoms with E-state index in [1.807, 2.05) is 12.1 Å². The Morgan fingerprint density at radius 1 is 0.933 bits per heavy atom. The molecule has 3 heteroatoms. The Labute approximate surface area is 180 Å². The maximum atomic E-state index is 11.6. The van der Waals surface area contributed by atoms with Gasteiger partial charge in [-0.1, -0.05) is 36.8 Å². The van der Waals surface area contributed by atoms with Crippen LogP contribution in [0.4, 0.5) is 0 Å². The molecule has 1 saturated heterocycles. The van der Waals surface area contributed by atoms with Crippen molar-refractivity contribution in [3.8, 4) is 16.9 Å². The van der Waals surface area contributed by atoms with Crippen molar-refractivity contribution in [3.63, 3.8) is 0 Å². The zero-order valence-electron chi connectivity index (χ0n) is 18.3. The first kappa shape index (κ1) is 19.8. The summed E-state index contributed by atoms with van der Waals surface area (Å²) in [6, 6.07) is 15.4. The number of fused-ring (bicyclic) bond motifs is 2. The molecule has 30 heavy (non-hydrogen) atoms. The third-order valence-corrected chi connectivity index (χ3v) is 7.99. The van der Waals surface area contributed by atoms with E-state index >= 15 is 0 Å². The summed E-state index contributed by atoms with van der Waals surface area (Å²) in [4.78, 5) is 14.4. The van der Waals surface area contributed by atoms with E-state index in [1.165, 1.54) is 62.7 Å². The van der Waals surface area contributed by atoms with Gasteiger partial charge in [-0.3, -0.25) is 4.79 Å². The first-order valence-electron chi connectivity index (χ1n) is 11.7. The fourth-order valence-corrected chi connectivity index (χ4v) is 6.33. The number of rotatable bonds is 5. The molecule has 5 rings (SSSR count). The Hall–Kier alpha value is -2.13. The third-order valence-electron chi connectivity index (χ3n) is 7.99. The first-order chi connectivity index (χ1) is 14.6. The fraction of sp³-hybridized carbons (Fsp3) is 0.519. The van der Waals surface area contributed by atoms with Crippen LogP contribution in [0.5, 0.6) is 5.75 Å². The van der Waals surface area contributed by atoms with E-state index in [2.05, 4.69) is 35.2 Å². The molecule has 3 unspecified atom stereocenters. The number of hydrogen-bond donors (Lipinski definition) is 0. The smallest absolute Gasteiger partial charge is 0.159 e. The normalized spacial score (nSPS) is 26.8. The van der Waals surface area contributed by atoms with Crippen LogP contribution in [0.2, 0.25) is 0 Å². The number of ether oxygens (including phenoxy) is 1. The van der Waals surface area contributed by atoms with E-state index in [-0.39, 0.29) is 5.78 Å². The van der Waals surface area contributed by atoms with Crippen LogP contribution in [-0.2, 0) is 0 Å². The Morgan fingerprint density at radius 2 is 1.67 bits per heavy atom. The lowest BCUT2D eigenvalue weighted by Crippen LogP contribution is -2.43. The molecule has 0 N–H and O–H groups in total. The van der Waals surface area contributed by atoms with Crippen LogP contribution >= 0.6 is 0 Å². The Morgan fingerprint density at radius 3 is 2.27 bits per heavy atom. The standard InChI is InChI=1S/C27H33NO2/c1-18(29)20-5-7-21(8-6-20)23-9-10-27(30-2)25(17-23)22-11-13-28(14-12-22)26-16-19-3-4-24(26)15-19/h5-10,17,19,22,24,26H,3-4,11-16H2,1-2H3. The van der Waals surface area contributed by atoms with E-state index < -0.39 is 0 Å². The molecule has 2 aromatic carbocycles. The molecule has 2 bridgehead atoms. The van der Waals surface area contributed by atoms with Gasteiger partial charge in [0.25, 0.3) is 0 Å². The maximum Gasteiger partial charge on any atom is 0.159 e. The lowest BCUT2D eigenvalue weighted by molar-refractivity contribution is 0.101. The summed E-state index contributed by atoms with van der Waals surface area (Å²) in [7, 11) is 1.78. The Kier molecular flexibility index (Phi) is 5.41. The van der Waals surface area contributed by atoms with Crippen molar-refractivity contribution in [2.24, 2.45) is 11.8 Å². The quantitative estimate of drug-likeness (QED) is 0.579. The molecule has 0 aromatic heterocycles. The summed E-state index contributed by atoms with van der Waals surface area (Å²) in [5.41, 5.74) is 4.47. The molecular formula is C27H33NO2. The summed E-state index contributed by atoms with van der Waals surface area (Å²) in [6.45, 7) is 4.06. The molecular weight excluding hydrogens is 370 g/mol. The van der Waals surface area contributed by atoms with E-state index in [0.717, 1.165) is 34.8 Å². The van der Waals surface area contributed by atoms with Gasteiger partial charge in [-0.25, -0.2) is 0 Å². The van der Waals surface area contributed by atoms with Crippen molar-refractivity contribution in [2.45, 2.75) is 57.4 Å². The number of methoxy groups -OCH3 is 1. The van der Waals surface area contributed by atoms with Gasteiger partial charge in [0.2, 0.25) is 0 Å². The minimum absolute atomic E-state index is 0.110. The number of carbonyl (C=O) groups is 1. The fourth-order valence-electron chi connectivity index (χ4n) is 6.33. The van der Waals surface area contributed by atoms with Crippen LogP contribution in [0.25, 0.3) is 11.1 Å². The van der Waals surface area contributed by atoms with Crippen LogP contribution < -0.4 is 4.74 Å². The van der Waals surface area contributed by atoms with E-state index in [9.17, 15) is 4.79 Å². The number of nitrogens with zero attached hydrogens (tertiary/aromatic N) is 1. The molecule has 0 radical (unpaired) electrons. The topological polar surface area (TPSA) is 29.5 Å². The molecule has 2 saturated carbocycles. The summed E-state index contributed by atoms with van der Waals surface area (Å²) < 4.78 is 5.75. The minimum Gasteiger partial charge on any atom is -0.496 e. The summed E-state index contributed by atoms with van der Waals surface area (Å²) in [6.07, 6.45) is 8.32. The second kappa shape index (κ2) is 8.19. The molecule has 2 aromatic rings. The number of Topliss-reactive ketones (excluding diaryl/α,β-unsaturated/α-hetero) is 1. The second-order valence-corrected chi connectivity index (χ2v) is 9.64.